The second-order valence-electron chi connectivity index (χ2n) is 2.68. The number of amides is 1. The molecule has 1 amide bonds. The Labute approximate surface area is 88.7 Å². The van der Waals surface area contributed by atoms with E-state index in [2.05, 4.69) is 20.9 Å². The Morgan fingerprint density at radius 3 is 2.71 bits per heavy atom. The molecule has 0 radical (unpaired) electrons. The van der Waals surface area contributed by atoms with Crippen LogP contribution in [-0.4, -0.2) is 27.2 Å². The Hall–Kier alpha value is -0.980. The fourth-order valence-electron chi connectivity index (χ4n) is 0.945. The predicted octanol–water partition coefficient (Wildman–Crippen LogP) is -0.276. The molecule has 1 rings (SSSR count). The molecule has 6 heteroatoms. The second kappa shape index (κ2) is 4.50. The molecule has 0 aromatic carbocycles. The summed E-state index contributed by atoms with van der Waals surface area (Å²) in [5, 5.41) is 18.7. The van der Waals surface area contributed by atoms with Gasteiger partial charge in [0.1, 0.15) is 10.7 Å². The van der Waals surface area contributed by atoms with Gasteiger partial charge in [0.2, 0.25) is 5.91 Å². The van der Waals surface area contributed by atoms with Crippen LogP contribution in [-0.2, 0) is 4.79 Å². The van der Waals surface area contributed by atoms with E-state index >= 15 is 0 Å². The molecule has 0 bridgehead atoms. The monoisotopic (exact) mass is 260 g/mol. The number of primary amides is 1. The number of carbonyl (C=O) groups is 1. The van der Waals surface area contributed by atoms with E-state index < -0.39 is 18.1 Å². The summed E-state index contributed by atoms with van der Waals surface area (Å²) in [7, 11) is 0. The van der Waals surface area contributed by atoms with Gasteiger partial charge in [-0.1, -0.05) is 6.07 Å². The van der Waals surface area contributed by atoms with Crippen LogP contribution in [0.4, 0.5) is 0 Å². The van der Waals surface area contributed by atoms with E-state index in [0.29, 0.717) is 10.2 Å². The molecule has 0 spiro atoms. The Balaban J connectivity index is 2.94. The van der Waals surface area contributed by atoms with Gasteiger partial charge in [0.15, 0.2) is 6.10 Å². The molecular weight excluding hydrogens is 252 g/mol. The molecular formula is C8H9BrN2O3. The highest BCUT2D eigenvalue weighted by Crippen LogP contribution is 2.23. The van der Waals surface area contributed by atoms with E-state index in [4.69, 9.17) is 5.73 Å². The van der Waals surface area contributed by atoms with Crippen molar-refractivity contribution in [3.05, 3.63) is 28.5 Å². The van der Waals surface area contributed by atoms with Crippen LogP contribution < -0.4 is 5.73 Å². The topological polar surface area (TPSA) is 96.4 Å². The first-order valence-corrected chi connectivity index (χ1v) is 4.59. The molecule has 14 heavy (non-hydrogen) atoms. The van der Waals surface area contributed by atoms with E-state index in [1.54, 1.807) is 6.07 Å². The minimum Gasteiger partial charge on any atom is -0.385 e. The van der Waals surface area contributed by atoms with Crippen LogP contribution in [0.5, 0.6) is 0 Å². The van der Waals surface area contributed by atoms with Crippen molar-refractivity contribution < 1.29 is 15.0 Å². The summed E-state index contributed by atoms with van der Waals surface area (Å²) in [6, 6.07) is 3.12. The van der Waals surface area contributed by atoms with E-state index in [-0.39, 0.29) is 0 Å². The van der Waals surface area contributed by atoms with Gasteiger partial charge in [-0.2, -0.15) is 0 Å². The second-order valence-corrected chi connectivity index (χ2v) is 3.43. The van der Waals surface area contributed by atoms with Gasteiger partial charge < -0.3 is 15.9 Å². The maximum Gasteiger partial charge on any atom is 0.249 e. The summed E-state index contributed by atoms with van der Waals surface area (Å²) >= 11 is 3.08. The average molecular weight is 261 g/mol. The van der Waals surface area contributed by atoms with Gasteiger partial charge in [0, 0.05) is 11.8 Å². The fourth-order valence-corrected chi connectivity index (χ4v) is 1.43. The Kier molecular flexibility index (Phi) is 3.56. The molecule has 0 fully saturated rings. The van der Waals surface area contributed by atoms with Crippen LogP contribution in [0.1, 0.15) is 11.7 Å². The summed E-state index contributed by atoms with van der Waals surface area (Å²) in [5.41, 5.74) is 5.16. The minimum atomic E-state index is -1.63. The number of nitrogens with two attached hydrogens (primary N) is 1. The number of halogens is 1. The molecule has 2 atom stereocenters. The first-order valence-electron chi connectivity index (χ1n) is 3.80. The van der Waals surface area contributed by atoms with E-state index in [1.165, 1.54) is 12.3 Å². The van der Waals surface area contributed by atoms with Crippen molar-refractivity contribution in [2.45, 2.75) is 12.2 Å². The van der Waals surface area contributed by atoms with Gasteiger partial charge in [0.05, 0.1) is 0 Å². The van der Waals surface area contributed by atoms with Crippen LogP contribution in [0, 0.1) is 0 Å². The van der Waals surface area contributed by atoms with Crippen molar-refractivity contribution in [2.75, 3.05) is 0 Å². The average Bonchev–Trinajstić information content (AvgIpc) is 2.16. The Morgan fingerprint density at radius 2 is 2.21 bits per heavy atom. The molecule has 1 heterocycles. The van der Waals surface area contributed by atoms with Gasteiger partial charge in [-0.05, 0) is 22.0 Å². The molecule has 0 aliphatic rings. The number of aliphatic hydroxyl groups excluding tert-OH is 2. The molecule has 0 saturated heterocycles. The van der Waals surface area contributed by atoms with Crippen LogP contribution in [0.3, 0.4) is 0 Å². The zero-order valence-electron chi connectivity index (χ0n) is 7.09. The molecule has 0 aliphatic carbocycles. The molecule has 1 aromatic heterocycles. The number of aliphatic hydroxyl groups is 2. The molecule has 1 aromatic rings. The molecule has 4 N–H and O–H groups in total. The number of hydrogen-bond donors (Lipinski definition) is 3. The van der Waals surface area contributed by atoms with E-state index in [0.717, 1.165) is 0 Å². The van der Waals surface area contributed by atoms with Crippen LogP contribution in [0.25, 0.3) is 0 Å². The minimum absolute atomic E-state index is 0.318. The van der Waals surface area contributed by atoms with Gasteiger partial charge in [0.25, 0.3) is 0 Å². The van der Waals surface area contributed by atoms with E-state index in [9.17, 15) is 15.0 Å². The van der Waals surface area contributed by atoms with Crippen molar-refractivity contribution in [2.24, 2.45) is 5.73 Å². The summed E-state index contributed by atoms with van der Waals surface area (Å²) in [6.45, 7) is 0. The number of rotatable bonds is 3. The standard InChI is InChI=1S/C8H9BrN2O3/c9-7-4(2-1-3-11-7)5(12)6(13)8(10)14/h1-3,5-6,12-13H,(H2,10,14). The zero-order valence-corrected chi connectivity index (χ0v) is 8.68. The predicted molar refractivity (Wildman–Crippen MR) is 52.1 cm³/mol. The number of carbonyl (C=O) groups excluding carboxylic acids is 1. The van der Waals surface area contributed by atoms with Gasteiger partial charge in [-0.25, -0.2) is 4.98 Å². The van der Waals surface area contributed by atoms with Crippen molar-refractivity contribution in [1.29, 1.82) is 0 Å². The normalized spacial score (nSPS) is 14.8. The first-order chi connectivity index (χ1) is 6.54. The number of hydrogen-bond acceptors (Lipinski definition) is 4. The van der Waals surface area contributed by atoms with E-state index in [1.807, 2.05) is 0 Å². The van der Waals surface area contributed by atoms with Crippen LogP contribution >= 0.6 is 15.9 Å². The quantitative estimate of drug-likeness (QED) is 0.652. The fraction of sp³-hybridized carbons (Fsp3) is 0.250. The third kappa shape index (κ3) is 2.28. The van der Waals surface area contributed by atoms with Crippen molar-refractivity contribution in [1.82, 2.24) is 4.98 Å². The summed E-state index contributed by atoms with van der Waals surface area (Å²) in [4.78, 5) is 14.4. The molecule has 0 aliphatic heterocycles. The molecule has 0 saturated carbocycles. The maximum atomic E-state index is 10.6. The van der Waals surface area contributed by atoms with Gasteiger partial charge in [-0.15, -0.1) is 0 Å². The summed E-state index contributed by atoms with van der Waals surface area (Å²) < 4.78 is 0.368. The van der Waals surface area contributed by atoms with Crippen molar-refractivity contribution in [3.63, 3.8) is 0 Å². The Bertz CT molecular complexity index is 345. The zero-order chi connectivity index (χ0) is 10.7. The van der Waals surface area contributed by atoms with Crippen LogP contribution in [0.15, 0.2) is 22.9 Å². The first kappa shape index (κ1) is 11.1. The Morgan fingerprint density at radius 1 is 1.57 bits per heavy atom. The highest BCUT2D eigenvalue weighted by molar-refractivity contribution is 9.10. The van der Waals surface area contributed by atoms with Crippen molar-refractivity contribution in [3.8, 4) is 0 Å². The third-order valence-corrected chi connectivity index (χ3v) is 2.36. The van der Waals surface area contributed by atoms with Crippen LogP contribution in [0.2, 0.25) is 0 Å². The number of nitrogens with zero attached hydrogens (tertiary/aromatic N) is 1. The SMILES string of the molecule is NC(=O)C(O)C(O)c1cccnc1Br. The van der Waals surface area contributed by atoms with Gasteiger partial charge >= 0.3 is 0 Å². The highest BCUT2D eigenvalue weighted by atomic mass is 79.9. The lowest BCUT2D eigenvalue weighted by molar-refractivity contribution is -0.132. The lowest BCUT2D eigenvalue weighted by Gasteiger charge is -2.15. The molecule has 2 unspecified atom stereocenters. The largest absolute Gasteiger partial charge is 0.385 e. The third-order valence-electron chi connectivity index (χ3n) is 1.70. The number of aromatic nitrogens is 1. The molecule has 5 nitrogen and oxygen atoms in total. The summed E-state index contributed by atoms with van der Waals surface area (Å²) in [5.74, 6) is -0.978. The number of pyridine rings is 1. The lowest BCUT2D eigenvalue weighted by Crippen LogP contribution is -2.34. The lowest BCUT2D eigenvalue weighted by atomic mass is 10.1. The van der Waals surface area contributed by atoms with Gasteiger partial charge in [-0.3, -0.25) is 4.79 Å². The van der Waals surface area contributed by atoms with Crippen molar-refractivity contribution >= 4 is 21.8 Å². The maximum absolute atomic E-state index is 10.6. The highest BCUT2D eigenvalue weighted by Gasteiger charge is 2.25. The smallest absolute Gasteiger partial charge is 0.249 e. The summed E-state index contributed by atoms with van der Waals surface area (Å²) in [6.07, 6.45) is -1.48. The molecule has 76 valence electrons.